The largest absolute Gasteiger partial charge is 0.462 e. The molecule has 0 aromatic carbocycles. The predicted molar refractivity (Wildman–Crippen MR) is 292 cm³/mol. The van der Waals surface area contributed by atoms with Crippen LogP contribution in [0.5, 0.6) is 0 Å². The fourth-order valence-corrected chi connectivity index (χ4v) is 9.20. The van der Waals surface area contributed by atoms with Gasteiger partial charge in [0.2, 0.25) is 5.91 Å². The van der Waals surface area contributed by atoms with Gasteiger partial charge in [0.15, 0.2) is 0 Å². The maximum atomic E-state index is 13.3. The van der Waals surface area contributed by atoms with Crippen molar-refractivity contribution in [1.82, 2.24) is 5.32 Å². The fourth-order valence-electron chi connectivity index (χ4n) is 9.20. The van der Waals surface area contributed by atoms with Gasteiger partial charge < -0.3 is 20.3 Å². The molecule has 3 N–H and O–H groups in total. The molecule has 0 radical (unpaired) electrons. The van der Waals surface area contributed by atoms with Gasteiger partial charge in [-0.1, -0.05) is 276 Å². The second-order valence-electron chi connectivity index (χ2n) is 20.4. The van der Waals surface area contributed by atoms with Crippen molar-refractivity contribution in [3.8, 4) is 0 Å². The minimum atomic E-state index is -0.792. The Morgan fingerprint density at radius 2 is 0.761 bits per heavy atom. The SMILES string of the molecule is CCCCC/C=C\C/C=C\C/C=C\CCCCCCC(CC(=O)NC(CO)C(O)CCCCCCCCCCCCCCC)OC(=O)CCCCCCCCCCCCCCCCCCCC. The minimum absolute atomic E-state index is 0.0672. The third-order valence-electron chi connectivity index (χ3n) is 13.7. The van der Waals surface area contributed by atoms with Crippen LogP contribution in [0.2, 0.25) is 0 Å². The zero-order valence-corrected chi connectivity index (χ0v) is 45.0. The summed E-state index contributed by atoms with van der Waals surface area (Å²) in [6.45, 7) is 6.49. The van der Waals surface area contributed by atoms with Crippen molar-refractivity contribution in [3.63, 3.8) is 0 Å². The summed E-state index contributed by atoms with van der Waals surface area (Å²) >= 11 is 0. The van der Waals surface area contributed by atoms with Gasteiger partial charge in [0, 0.05) is 6.42 Å². The van der Waals surface area contributed by atoms with Crippen molar-refractivity contribution in [2.24, 2.45) is 0 Å². The number of esters is 1. The Bertz CT molecular complexity index is 1100. The zero-order valence-electron chi connectivity index (χ0n) is 45.0. The van der Waals surface area contributed by atoms with E-state index in [0.717, 1.165) is 83.5 Å². The smallest absolute Gasteiger partial charge is 0.306 e. The summed E-state index contributed by atoms with van der Waals surface area (Å²) in [6.07, 6.45) is 66.4. The van der Waals surface area contributed by atoms with Crippen LogP contribution in [0.15, 0.2) is 36.5 Å². The molecule has 0 fully saturated rings. The fraction of sp³-hybridized carbons (Fsp3) is 0.869. The molecule has 0 aromatic heterocycles. The first-order valence-corrected chi connectivity index (χ1v) is 29.7. The molecular weight excluding hydrogens is 827 g/mol. The maximum Gasteiger partial charge on any atom is 0.306 e. The van der Waals surface area contributed by atoms with Crippen molar-refractivity contribution >= 4 is 11.9 Å². The molecule has 0 spiro atoms. The van der Waals surface area contributed by atoms with Crippen LogP contribution < -0.4 is 5.32 Å². The first-order valence-electron chi connectivity index (χ1n) is 29.7. The number of amides is 1. The Labute approximate surface area is 417 Å². The molecule has 0 saturated heterocycles. The number of nitrogens with one attached hydrogen (secondary N) is 1. The van der Waals surface area contributed by atoms with E-state index in [9.17, 15) is 19.8 Å². The van der Waals surface area contributed by atoms with Gasteiger partial charge in [-0.05, 0) is 64.2 Å². The molecular formula is C61H115NO5. The highest BCUT2D eigenvalue weighted by Crippen LogP contribution is 2.19. The van der Waals surface area contributed by atoms with Crippen LogP contribution in [0.4, 0.5) is 0 Å². The summed E-state index contributed by atoms with van der Waals surface area (Å²) in [5.41, 5.74) is 0. The van der Waals surface area contributed by atoms with E-state index in [1.54, 1.807) is 0 Å². The molecule has 0 aliphatic heterocycles. The van der Waals surface area contributed by atoms with Crippen LogP contribution in [-0.2, 0) is 14.3 Å². The van der Waals surface area contributed by atoms with E-state index in [0.29, 0.717) is 19.3 Å². The molecule has 0 heterocycles. The Kier molecular flexibility index (Phi) is 53.4. The molecule has 6 nitrogen and oxygen atoms in total. The molecule has 3 unspecified atom stereocenters. The number of carbonyl (C=O) groups excluding carboxylic acids is 2. The zero-order chi connectivity index (χ0) is 48.8. The summed E-state index contributed by atoms with van der Waals surface area (Å²) in [7, 11) is 0. The molecule has 0 saturated carbocycles. The number of aliphatic hydroxyl groups excluding tert-OH is 2. The van der Waals surface area contributed by atoms with Crippen LogP contribution in [0.1, 0.15) is 316 Å². The number of ether oxygens (including phenoxy) is 1. The number of hydrogen-bond donors (Lipinski definition) is 3. The third kappa shape index (κ3) is 50.3. The van der Waals surface area contributed by atoms with Gasteiger partial charge in [-0.3, -0.25) is 9.59 Å². The molecule has 0 aliphatic rings. The number of allylic oxidation sites excluding steroid dienone is 6. The molecule has 67 heavy (non-hydrogen) atoms. The van der Waals surface area contributed by atoms with Crippen molar-refractivity contribution < 1.29 is 24.5 Å². The van der Waals surface area contributed by atoms with E-state index in [-0.39, 0.29) is 24.9 Å². The van der Waals surface area contributed by atoms with Crippen molar-refractivity contribution in [2.75, 3.05) is 6.61 Å². The summed E-state index contributed by atoms with van der Waals surface area (Å²) < 4.78 is 5.97. The highest BCUT2D eigenvalue weighted by Gasteiger charge is 2.24. The van der Waals surface area contributed by atoms with Gasteiger partial charge in [0.25, 0.3) is 0 Å². The van der Waals surface area contributed by atoms with E-state index < -0.39 is 18.2 Å². The third-order valence-corrected chi connectivity index (χ3v) is 13.7. The quantitative estimate of drug-likeness (QED) is 0.0321. The molecule has 3 atom stereocenters. The monoisotopic (exact) mass is 942 g/mol. The van der Waals surface area contributed by atoms with Crippen molar-refractivity contribution in [3.05, 3.63) is 36.5 Å². The van der Waals surface area contributed by atoms with Crippen LogP contribution >= 0.6 is 0 Å². The lowest BCUT2D eigenvalue weighted by atomic mass is 10.0. The van der Waals surface area contributed by atoms with Crippen LogP contribution in [0.3, 0.4) is 0 Å². The number of rotatable bonds is 54. The molecule has 0 aliphatic carbocycles. The topological polar surface area (TPSA) is 95.9 Å². The lowest BCUT2D eigenvalue weighted by Gasteiger charge is -2.24. The summed E-state index contributed by atoms with van der Waals surface area (Å²) in [4.78, 5) is 26.3. The average molecular weight is 943 g/mol. The standard InChI is InChI=1S/C61H115NO5/c1-4-7-10-13-16-19-22-25-27-29-31-33-36-39-42-45-48-51-54-61(66)67-57(52-49-46-43-40-37-35-32-30-28-26-23-20-17-14-11-8-5-2)55-60(65)62-58(56-63)59(64)53-50-47-44-41-38-34-24-21-18-15-12-9-6-3/h17,20,26,28,32,35,57-59,63-64H,4-16,18-19,21-25,27,29-31,33-34,36-56H2,1-3H3,(H,62,65)/b20-17-,28-26-,35-32-. The van der Waals surface area contributed by atoms with Crippen molar-refractivity contribution in [1.29, 1.82) is 0 Å². The van der Waals surface area contributed by atoms with E-state index in [2.05, 4.69) is 62.5 Å². The summed E-state index contributed by atoms with van der Waals surface area (Å²) in [5.74, 6) is -0.478. The van der Waals surface area contributed by atoms with Gasteiger partial charge in [-0.15, -0.1) is 0 Å². The molecule has 394 valence electrons. The number of aliphatic hydroxyl groups is 2. The Hall–Kier alpha value is -1.92. The molecule has 6 heteroatoms. The number of hydrogen-bond acceptors (Lipinski definition) is 5. The van der Waals surface area contributed by atoms with Gasteiger partial charge in [-0.25, -0.2) is 0 Å². The predicted octanol–water partition coefficient (Wildman–Crippen LogP) is 18.4. The second kappa shape index (κ2) is 55.0. The van der Waals surface area contributed by atoms with E-state index in [4.69, 9.17) is 4.74 Å². The van der Waals surface area contributed by atoms with Gasteiger partial charge in [0.05, 0.1) is 25.2 Å². The maximum absolute atomic E-state index is 13.3. The lowest BCUT2D eigenvalue weighted by molar-refractivity contribution is -0.151. The molecule has 0 bridgehead atoms. The Morgan fingerprint density at radius 3 is 1.18 bits per heavy atom. The van der Waals surface area contributed by atoms with Gasteiger partial charge in [-0.2, -0.15) is 0 Å². The highest BCUT2D eigenvalue weighted by molar-refractivity contribution is 5.77. The second-order valence-corrected chi connectivity index (χ2v) is 20.4. The van der Waals surface area contributed by atoms with Crippen LogP contribution in [-0.4, -0.2) is 46.9 Å². The molecule has 0 aromatic rings. The Morgan fingerprint density at radius 1 is 0.433 bits per heavy atom. The summed E-state index contributed by atoms with van der Waals surface area (Å²) in [6, 6.07) is -0.707. The lowest BCUT2D eigenvalue weighted by Crippen LogP contribution is -2.46. The van der Waals surface area contributed by atoms with E-state index in [1.807, 2.05) is 0 Å². The van der Waals surface area contributed by atoms with E-state index >= 15 is 0 Å². The highest BCUT2D eigenvalue weighted by atomic mass is 16.5. The number of carbonyl (C=O) groups is 2. The minimum Gasteiger partial charge on any atom is -0.462 e. The first kappa shape index (κ1) is 65.1. The van der Waals surface area contributed by atoms with Crippen molar-refractivity contribution in [2.45, 2.75) is 334 Å². The van der Waals surface area contributed by atoms with E-state index in [1.165, 1.54) is 186 Å². The average Bonchev–Trinajstić information content (AvgIpc) is 3.32. The van der Waals surface area contributed by atoms with Gasteiger partial charge in [0.1, 0.15) is 6.10 Å². The molecule has 1 amide bonds. The van der Waals surface area contributed by atoms with Gasteiger partial charge >= 0.3 is 5.97 Å². The van der Waals surface area contributed by atoms with Crippen LogP contribution in [0, 0.1) is 0 Å². The Balaban J connectivity index is 4.56. The first-order chi connectivity index (χ1) is 33.0. The number of unbranched alkanes of at least 4 members (excludes halogenated alkanes) is 36. The normalized spacial score (nSPS) is 13.3. The summed E-state index contributed by atoms with van der Waals surface area (Å²) in [5, 5.41) is 23.9. The molecule has 0 rings (SSSR count). The van der Waals surface area contributed by atoms with Crippen LogP contribution in [0.25, 0.3) is 0 Å².